The van der Waals surface area contributed by atoms with Crippen LogP contribution in [0.2, 0.25) is 10.0 Å². The minimum atomic E-state index is -4.01. The highest BCUT2D eigenvalue weighted by Crippen LogP contribution is 2.43. The van der Waals surface area contributed by atoms with Crippen LogP contribution in [0.15, 0.2) is 41.3 Å². The Morgan fingerprint density at radius 3 is 2.76 bits per heavy atom. The molecule has 0 aromatic heterocycles. The van der Waals surface area contributed by atoms with Crippen molar-refractivity contribution in [2.24, 2.45) is 0 Å². The van der Waals surface area contributed by atoms with E-state index in [1.165, 1.54) is 18.2 Å². The number of halogens is 2. The Morgan fingerprint density at radius 2 is 1.96 bits per heavy atom. The van der Waals surface area contributed by atoms with Crippen molar-refractivity contribution in [2.75, 3.05) is 13.1 Å². The van der Waals surface area contributed by atoms with E-state index in [0.29, 0.717) is 11.7 Å². The van der Waals surface area contributed by atoms with E-state index in [4.69, 9.17) is 32.1 Å². The zero-order chi connectivity index (χ0) is 17.6. The molecule has 2 atom stereocenters. The summed E-state index contributed by atoms with van der Waals surface area (Å²) in [5.41, 5.74) is 1.10. The van der Waals surface area contributed by atoms with Crippen molar-refractivity contribution in [2.45, 2.75) is 23.3 Å². The highest BCUT2D eigenvalue weighted by atomic mass is 35.5. The number of hydrogen-bond acceptors (Lipinski definition) is 5. The number of ether oxygens (including phenoxy) is 1. The Morgan fingerprint density at radius 1 is 1.12 bits per heavy atom. The Kier molecular flexibility index (Phi) is 4.32. The topological polar surface area (TPSA) is 64.6 Å². The molecular weight excluding hydrogens is 385 g/mol. The largest absolute Gasteiger partial charge is 0.488 e. The summed E-state index contributed by atoms with van der Waals surface area (Å²) in [6.45, 7) is 1.74. The van der Waals surface area contributed by atoms with Gasteiger partial charge in [-0.05, 0) is 37.2 Å². The molecule has 2 heterocycles. The van der Waals surface area contributed by atoms with Crippen molar-refractivity contribution in [1.82, 2.24) is 5.32 Å². The van der Waals surface area contributed by atoms with E-state index < -0.39 is 10.1 Å². The highest BCUT2D eigenvalue weighted by molar-refractivity contribution is 7.87. The van der Waals surface area contributed by atoms with Crippen LogP contribution in [-0.4, -0.2) is 27.6 Å². The second-order valence-corrected chi connectivity index (χ2v) is 8.43. The molecule has 0 radical (unpaired) electrons. The summed E-state index contributed by atoms with van der Waals surface area (Å²) in [5, 5.41) is 3.73. The number of nitrogens with one attached hydrogen (secondary N) is 1. The predicted molar refractivity (Wildman–Crippen MR) is 95.4 cm³/mol. The van der Waals surface area contributed by atoms with E-state index in [9.17, 15) is 8.42 Å². The first kappa shape index (κ1) is 17.0. The molecule has 1 N–H and O–H groups in total. The van der Waals surface area contributed by atoms with Crippen LogP contribution in [0.3, 0.4) is 0 Å². The molecular formula is C17H15Cl2NO4S. The first-order chi connectivity index (χ1) is 11.9. The molecule has 0 amide bonds. The minimum Gasteiger partial charge on any atom is -0.488 e. The molecule has 0 bridgehead atoms. The minimum absolute atomic E-state index is 0.0545. The maximum absolute atomic E-state index is 12.4. The van der Waals surface area contributed by atoms with Crippen LogP contribution in [0.25, 0.3) is 0 Å². The first-order valence-electron chi connectivity index (χ1n) is 7.85. The van der Waals surface area contributed by atoms with Crippen molar-refractivity contribution in [3.63, 3.8) is 0 Å². The molecule has 2 aliphatic rings. The van der Waals surface area contributed by atoms with Gasteiger partial charge in [0.2, 0.25) is 0 Å². The van der Waals surface area contributed by atoms with Crippen LogP contribution in [0, 0.1) is 0 Å². The summed E-state index contributed by atoms with van der Waals surface area (Å²) in [6.07, 6.45) is 1.09. The van der Waals surface area contributed by atoms with Crippen LogP contribution >= 0.6 is 23.2 Å². The zero-order valence-corrected chi connectivity index (χ0v) is 15.4. The van der Waals surface area contributed by atoms with E-state index in [0.717, 1.165) is 25.1 Å². The van der Waals surface area contributed by atoms with Gasteiger partial charge in [0.1, 0.15) is 22.5 Å². The third-order valence-electron chi connectivity index (χ3n) is 4.47. The average Bonchev–Trinajstić information content (AvgIpc) is 2.94. The smallest absolute Gasteiger partial charge is 0.339 e. The van der Waals surface area contributed by atoms with Gasteiger partial charge in [-0.2, -0.15) is 8.42 Å². The fourth-order valence-electron chi connectivity index (χ4n) is 3.25. The van der Waals surface area contributed by atoms with Crippen LogP contribution in [-0.2, 0) is 10.1 Å². The van der Waals surface area contributed by atoms with Gasteiger partial charge in [-0.3, -0.25) is 0 Å². The lowest BCUT2D eigenvalue weighted by Crippen LogP contribution is -2.39. The van der Waals surface area contributed by atoms with E-state index in [-0.39, 0.29) is 26.8 Å². The van der Waals surface area contributed by atoms with Crippen molar-refractivity contribution in [1.29, 1.82) is 0 Å². The Hall–Kier alpha value is -1.47. The number of benzene rings is 2. The second-order valence-electron chi connectivity index (χ2n) is 6.07. The van der Waals surface area contributed by atoms with Crippen LogP contribution < -0.4 is 14.2 Å². The Balaban J connectivity index is 1.60. The third kappa shape index (κ3) is 3.19. The molecule has 0 spiro atoms. The van der Waals surface area contributed by atoms with Crippen molar-refractivity contribution >= 4 is 33.3 Å². The van der Waals surface area contributed by atoms with Gasteiger partial charge >= 0.3 is 10.1 Å². The van der Waals surface area contributed by atoms with Crippen LogP contribution in [0.5, 0.6) is 11.5 Å². The quantitative estimate of drug-likeness (QED) is 0.798. The van der Waals surface area contributed by atoms with E-state index in [2.05, 4.69) is 5.32 Å². The molecule has 2 unspecified atom stereocenters. The van der Waals surface area contributed by atoms with E-state index in [1.54, 1.807) is 12.1 Å². The van der Waals surface area contributed by atoms with Gasteiger partial charge in [-0.1, -0.05) is 29.3 Å². The van der Waals surface area contributed by atoms with Gasteiger partial charge < -0.3 is 14.2 Å². The number of fused-ring (bicyclic) bond motifs is 3. The Bertz CT molecular complexity index is 932. The monoisotopic (exact) mass is 399 g/mol. The van der Waals surface area contributed by atoms with E-state index >= 15 is 0 Å². The first-order valence-corrected chi connectivity index (χ1v) is 10.0. The van der Waals surface area contributed by atoms with Crippen molar-refractivity contribution < 1.29 is 17.3 Å². The number of hydrogen-bond donors (Lipinski definition) is 1. The summed E-state index contributed by atoms with van der Waals surface area (Å²) >= 11 is 11.7. The summed E-state index contributed by atoms with van der Waals surface area (Å²) in [6, 6.07) is 9.20. The summed E-state index contributed by atoms with van der Waals surface area (Å²) < 4.78 is 36.1. The van der Waals surface area contributed by atoms with Crippen LogP contribution in [0.1, 0.15) is 17.9 Å². The second kappa shape index (κ2) is 6.36. The van der Waals surface area contributed by atoms with Gasteiger partial charge in [-0.25, -0.2) is 0 Å². The SMILES string of the molecule is O=S(=O)(Oc1ccc2c(c1)OC1CNCCC21)c1ccc(Cl)c(Cl)c1. The fourth-order valence-corrected chi connectivity index (χ4v) is 4.57. The molecule has 0 aliphatic carbocycles. The van der Waals surface area contributed by atoms with E-state index in [1.807, 2.05) is 6.07 Å². The maximum Gasteiger partial charge on any atom is 0.339 e. The molecule has 1 fully saturated rings. The third-order valence-corrected chi connectivity index (χ3v) is 6.46. The lowest BCUT2D eigenvalue weighted by Gasteiger charge is -2.24. The fraction of sp³-hybridized carbons (Fsp3) is 0.294. The normalized spacial score (nSPS) is 22.0. The van der Waals surface area contributed by atoms with Gasteiger partial charge in [-0.15, -0.1) is 0 Å². The zero-order valence-electron chi connectivity index (χ0n) is 13.0. The molecule has 0 saturated carbocycles. The van der Waals surface area contributed by atoms with Crippen LogP contribution in [0.4, 0.5) is 0 Å². The number of piperidine rings is 1. The molecule has 5 nitrogen and oxygen atoms in total. The molecule has 2 aromatic rings. The summed E-state index contributed by atoms with van der Waals surface area (Å²) in [5.74, 6) is 1.23. The van der Waals surface area contributed by atoms with Gasteiger partial charge in [0.25, 0.3) is 0 Å². The van der Waals surface area contributed by atoms with Gasteiger partial charge in [0, 0.05) is 24.1 Å². The van der Waals surface area contributed by atoms with Crippen molar-refractivity contribution in [3.8, 4) is 11.5 Å². The molecule has 132 valence electrons. The average molecular weight is 400 g/mol. The van der Waals surface area contributed by atoms with Gasteiger partial charge in [0.15, 0.2) is 0 Å². The standard InChI is InChI=1S/C17H15Cl2NO4S/c18-14-4-2-11(8-15(14)19)25(21,22)24-10-1-3-12-13-5-6-20-9-17(13)23-16(12)7-10/h1-4,7-8,13,17,20H,5-6,9H2. The lowest BCUT2D eigenvalue weighted by atomic mass is 9.90. The van der Waals surface area contributed by atoms with Gasteiger partial charge in [0.05, 0.1) is 10.0 Å². The highest BCUT2D eigenvalue weighted by Gasteiger charge is 2.36. The molecule has 8 heteroatoms. The predicted octanol–water partition coefficient (Wildman–Crippen LogP) is 3.60. The molecule has 2 aliphatic heterocycles. The lowest BCUT2D eigenvalue weighted by molar-refractivity contribution is 0.176. The molecule has 4 rings (SSSR count). The summed E-state index contributed by atoms with van der Waals surface area (Å²) in [4.78, 5) is -0.0545. The molecule has 1 saturated heterocycles. The summed E-state index contributed by atoms with van der Waals surface area (Å²) in [7, 11) is -4.01. The Labute approximate surface area is 156 Å². The molecule has 2 aromatic carbocycles. The molecule has 25 heavy (non-hydrogen) atoms. The number of rotatable bonds is 3. The maximum atomic E-state index is 12.4. The van der Waals surface area contributed by atoms with Crippen molar-refractivity contribution in [3.05, 3.63) is 52.0 Å².